The van der Waals surface area contributed by atoms with E-state index < -0.39 is 0 Å². The molecule has 1 amide bonds. The van der Waals surface area contributed by atoms with Crippen molar-refractivity contribution in [3.8, 4) is 5.75 Å². The van der Waals surface area contributed by atoms with Crippen molar-refractivity contribution in [1.29, 1.82) is 0 Å². The highest BCUT2D eigenvalue weighted by atomic mass is 16.6. The molecule has 16 heavy (non-hydrogen) atoms. The van der Waals surface area contributed by atoms with Crippen LogP contribution in [0.5, 0.6) is 5.75 Å². The topological polar surface area (TPSA) is 38.8 Å². The minimum absolute atomic E-state index is 0.201. The summed E-state index contributed by atoms with van der Waals surface area (Å²) in [4.78, 5) is 13.4. The fourth-order valence-corrected chi connectivity index (χ4v) is 2.40. The largest absolute Gasteiger partial charge is 0.497 e. The summed E-state index contributed by atoms with van der Waals surface area (Å²) >= 11 is 0. The fourth-order valence-electron chi connectivity index (χ4n) is 2.40. The van der Waals surface area contributed by atoms with Crippen LogP contribution in [-0.2, 0) is 11.2 Å². The molecule has 4 nitrogen and oxygen atoms in total. The number of rotatable bonds is 1. The highest BCUT2D eigenvalue weighted by Crippen LogP contribution is 2.36. The number of aryl methyl sites for hydroxylation is 1. The zero-order valence-corrected chi connectivity index (χ0v) is 9.10. The summed E-state index contributed by atoms with van der Waals surface area (Å²) in [5, 5.41) is 0. The predicted octanol–water partition coefficient (Wildman–Crippen LogP) is 1.97. The van der Waals surface area contributed by atoms with Gasteiger partial charge in [0, 0.05) is 6.07 Å². The average Bonchev–Trinajstić information content (AvgIpc) is 2.71. The van der Waals surface area contributed by atoms with E-state index in [4.69, 9.17) is 9.47 Å². The second-order valence-electron chi connectivity index (χ2n) is 4.13. The lowest BCUT2D eigenvalue weighted by atomic mass is 9.97. The minimum atomic E-state index is -0.237. The van der Waals surface area contributed by atoms with Crippen molar-refractivity contribution in [2.45, 2.75) is 18.9 Å². The molecule has 3 rings (SSSR count). The molecule has 2 heterocycles. The van der Waals surface area contributed by atoms with Gasteiger partial charge in [0.25, 0.3) is 0 Å². The van der Waals surface area contributed by atoms with E-state index in [9.17, 15) is 4.79 Å². The number of fused-ring (bicyclic) bond motifs is 3. The van der Waals surface area contributed by atoms with Crippen LogP contribution in [0.3, 0.4) is 0 Å². The smallest absolute Gasteiger partial charge is 0.414 e. The number of hydrogen-bond donors (Lipinski definition) is 0. The van der Waals surface area contributed by atoms with Gasteiger partial charge in [-0.05, 0) is 24.5 Å². The number of amides is 1. The van der Waals surface area contributed by atoms with E-state index in [1.54, 1.807) is 12.0 Å². The lowest BCUT2D eigenvalue weighted by molar-refractivity contribution is 0.178. The third kappa shape index (κ3) is 1.26. The van der Waals surface area contributed by atoms with Crippen LogP contribution in [0.4, 0.5) is 10.5 Å². The first-order valence-electron chi connectivity index (χ1n) is 5.42. The Morgan fingerprint density at radius 1 is 1.50 bits per heavy atom. The summed E-state index contributed by atoms with van der Waals surface area (Å²) in [5.41, 5.74) is 2.13. The standard InChI is InChI=1S/C12H13NO3/c1-15-10-5-3-8-2-4-9-7-16-12(14)13(9)11(8)6-10/h3,5-6,9H,2,4,7H2,1H3/t9-/m0/s1. The van der Waals surface area contributed by atoms with E-state index >= 15 is 0 Å². The minimum Gasteiger partial charge on any atom is -0.497 e. The monoisotopic (exact) mass is 219 g/mol. The van der Waals surface area contributed by atoms with Gasteiger partial charge in [0.05, 0.1) is 18.8 Å². The molecule has 0 unspecified atom stereocenters. The van der Waals surface area contributed by atoms with Crippen molar-refractivity contribution >= 4 is 11.8 Å². The number of carbonyl (C=O) groups excluding carboxylic acids is 1. The van der Waals surface area contributed by atoms with Crippen LogP contribution >= 0.6 is 0 Å². The fraction of sp³-hybridized carbons (Fsp3) is 0.417. The van der Waals surface area contributed by atoms with E-state index in [0.717, 1.165) is 24.3 Å². The molecular formula is C12H13NO3. The molecule has 1 fully saturated rings. The molecule has 84 valence electrons. The summed E-state index contributed by atoms with van der Waals surface area (Å²) in [7, 11) is 1.63. The van der Waals surface area contributed by atoms with Gasteiger partial charge in [-0.1, -0.05) is 6.07 Å². The zero-order valence-electron chi connectivity index (χ0n) is 9.10. The molecule has 0 N–H and O–H groups in total. The normalized spacial score (nSPS) is 22.4. The highest BCUT2D eigenvalue weighted by Gasteiger charge is 2.38. The maximum atomic E-state index is 11.6. The summed E-state index contributed by atoms with van der Waals surface area (Å²) < 4.78 is 10.3. The number of methoxy groups -OCH3 is 1. The molecule has 0 bridgehead atoms. The number of nitrogens with zero attached hydrogens (tertiary/aromatic N) is 1. The number of anilines is 1. The maximum absolute atomic E-state index is 11.6. The van der Waals surface area contributed by atoms with Crippen LogP contribution in [0.2, 0.25) is 0 Å². The quantitative estimate of drug-likeness (QED) is 0.724. The van der Waals surface area contributed by atoms with Gasteiger partial charge in [0.15, 0.2) is 0 Å². The lowest BCUT2D eigenvalue weighted by Gasteiger charge is -2.29. The Morgan fingerprint density at radius 2 is 2.38 bits per heavy atom. The maximum Gasteiger partial charge on any atom is 0.414 e. The number of benzene rings is 1. The Kier molecular flexibility index (Phi) is 2.02. The number of cyclic esters (lactones) is 1. The van der Waals surface area contributed by atoms with Gasteiger partial charge >= 0.3 is 6.09 Å². The van der Waals surface area contributed by atoms with Gasteiger partial charge in [-0.3, -0.25) is 4.90 Å². The Balaban J connectivity index is 2.08. The van der Waals surface area contributed by atoms with Gasteiger partial charge < -0.3 is 9.47 Å². The zero-order chi connectivity index (χ0) is 11.1. The molecule has 0 saturated carbocycles. The lowest BCUT2D eigenvalue weighted by Crippen LogP contribution is -2.37. The van der Waals surface area contributed by atoms with Crippen LogP contribution in [0, 0.1) is 0 Å². The summed E-state index contributed by atoms with van der Waals surface area (Å²) in [6, 6.07) is 6.07. The van der Waals surface area contributed by atoms with Crippen LogP contribution in [0.1, 0.15) is 12.0 Å². The van der Waals surface area contributed by atoms with E-state index in [1.807, 2.05) is 18.2 Å². The molecule has 0 spiro atoms. The Bertz CT molecular complexity index is 444. The van der Waals surface area contributed by atoms with Gasteiger partial charge in [-0.25, -0.2) is 4.79 Å². The van der Waals surface area contributed by atoms with Crippen molar-refractivity contribution in [1.82, 2.24) is 0 Å². The Hall–Kier alpha value is -1.71. The Morgan fingerprint density at radius 3 is 3.19 bits per heavy atom. The van der Waals surface area contributed by atoms with E-state index in [-0.39, 0.29) is 12.1 Å². The molecule has 4 heteroatoms. The summed E-state index contributed by atoms with van der Waals surface area (Å²) in [6.45, 7) is 0.509. The van der Waals surface area contributed by atoms with Crippen LogP contribution < -0.4 is 9.64 Å². The number of hydrogen-bond acceptors (Lipinski definition) is 3. The second-order valence-corrected chi connectivity index (χ2v) is 4.13. The van der Waals surface area contributed by atoms with Gasteiger partial charge in [0.1, 0.15) is 12.4 Å². The first-order chi connectivity index (χ1) is 7.79. The van der Waals surface area contributed by atoms with Crippen molar-refractivity contribution in [3.63, 3.8) is 0 Å². The molecule has 1 atom stereocenters. The Labute approximate surface area is 93.8 Å². The molecule has 1 aromatic carbocycles. The first-order valence-corrected chi connectivity index (χ1v) is 5.42. The van der Waals surface area contributed by atoms with Gasteiger partial charge in [-0.15, -0.1) is 0 Å². The molecule has 2 aliphatic rings. The van der Waals surface area contributed by atoms with E-state index in [0.29, 0.717) is 6.61 Å². The summed E-state index contributed by atoms with van der Waals surface area (Å²) in [5.74, 6) is 0.777. The molecule has 2 aliphatic heterocycles. The van der Waals surface area contributed by atoms with Crippen LogP contribution in [-0.4, -0.2) is 25.9 Å². The molecular weight excluding hydrogens is 206 g/mol. The third-order valence-electron chi connectivity index (χ3n) is 3.26. The van der Waals surface area contributed by atoms with Crippen molar-refractivity contribution in [2.75, 3.05) is 18.6 Å². The van der Waals surface area contributed by atoms with Gasteiger partial charge in [-0.2, -0.15) is 0 Å². The molecule has 0 radical (unpaired) electrons. The van der Waals surface area contributed by atoms with Crippen molar-refractivity contribution < 1.29 is 14.3 Å². The average molecular weight is 219 g/mol. The molecule has 1 aromatic rings. The SMILES string of the molecule is COc1ccc2c(c1)N1C(=O)OC[C@@H]1CC2. The predicted molar refractivity (Wildman–Crippen MR) is 58.9 cm³/mol. The number of carbonyl (C=O) groups is 1. The van der Waals surface area contributed by atoms with E-state index in [1.165, 1.54) is 5.56 Å². The molecule has 0 aromatic heterocycles. The third-order valence-corrected chi connectivity index (χ3v) is 3.26. The van der Waals surface area contributed by atoms with Crippen molar-refractivity contribution in [2.24, 2.45) is 0 Å². The van der Waals surface area contributed by atoms with E-state index in [2.05, 4.69) is 0 Å². The number of ether oxygens (including phenoxy) is 2. The second kappa shape index (κ2) is 3.40. The van der Waals surface area contributed by atoms with Crippen LogP contribution in [0.25, 0.3) is 0 Å². The van der Waals surface area contributed by atoms with Crippen molar-refractivity contribution in [3.05, 3.63) is 23.8 Å². The van der Waals surface area contributed by atoms with Crippen LogP contribution in [0.15, 0.2) is 18.2 Å². The highest BCUT2D eigenvalue weighted by molar-refractivity contribution is 5.92. The van der Waals surface area contributed by atoms with Gasteiger partial charge in [0.2, 0.25) is 0 Å². The molecule has 1 saturated heterocycles. The summed E-state index contributed by atoms with van der Waals surface area (Å²) in [6.07, 6.45) is 1.74. The first kappa shape index (κ1) is 9.51. The molecule has 0 aliphatic carbocycles.